The minimum absolute atomic E-state index is 0.0391. The summed E-state index contributed by atoms with van der Waals surface area (Å²) in [5, 5.41) is 9.69. The zero-order chi connectivity index (χ0) is 20.9. The summed E-state index contributed by atoms with van der Waals surface area (Å²) >= 11 is 0. The summed E-state index contributed by atoms with van der Waals surface area (Å²) in [6.45, 7) is 3.56. The Morgan fingerprint density at radius 3 is 2.70 bits per heavy atom. The molecule has 0 spiro atoms. The molecule has 0 saturated carbocycles. The van der Waals surface area contributed by atoms with Crippen LogP contribution in [0, 0.1) is 6.08 Å². The highest BCUT2D eigenvalue weighted by atomic mass is 19.1. The van der Waals surface area contributed by atoms with Gasteiger partial charge in [-0.05, 0) is 19.4 Å². The number of halogens is 1. The number of fused-ring (bicyclic) bond motifs is 2. The summed E-state index contributed by atoms with van der Waals surface area (Å²) in [7, 11) is 0. The van der Waals surface area contributed by atoms with E-state index >= 15 is 0 Å². The molecule has 4 heterocycles. The van der Waals surface area contributed by atoms with Crippen LogP contribution in [0.3, 0.4) is 0 Å². The Hall–Kier alpha value is -2.66. The molecule has 0 radical (unpaired) electrons. The van der Waals surface area contributed by atoms with E-state index in [2.05, 4.69) is 15.0 Å². The van der Waals surface area contributed by atoms with E-state index < -0.39 is 36.4 Å². The monoisotopic (exact) mass is 416 g/mol. The highest BCUT2D eigenvalue weighted by Gasteiger charge is 2.56. The Balaban J connectivity index is 1.48. The van der Waals surface area contributed by atoms with Crippen molar-refractivity contribution in [2.75, 3.05) is 6.61 Å². The number of hydrogen-bond donors (Lipinski definition) is 1. The normalized spacial score (nSPS) is 27.5. The van der Waals surface area contributed by atoms with Gasteiger partial charge in [0.2, 0.25) is 5.88 Å². The molecule has 9 nitrogen and oxygen atoms in total. The zero-order valence-electron chi connectivity index (χ0n) is 16.4. The first-order chi connectivity index (χ1) is 14.4. The summed E-state index contributed by atoms with van der Waals surface area (Å²) in [4.78, 5) is 12.0. The van der Waals surface area contributed by atoms with Gasteiger partial charge < -0.3 is 24.1 Å². The Labute approximate surface area is 171 Å². The van der Waals surface area contributed by atoms with E-state index in [4.69, 9.17) is 18.9 Å². The minimum Gasteiger partial charge on any atom is -0.471 e. The number of ether oxygens (including phenoxy) is 4. The molecule has 1 aromatic carbocycles. The van der Waals surface area contributed by atoms with E-state index in [0.29, 0.717) is 5.52 Å². The van der Waals surface area contributed by atoms with Crippen molar-refractivity contribution in [3.05, 3.63) is 48.3 Å². The second-order valence-electron chi connectivity index (χ2n) is 7.71. The van der Waals surface area contributed by atoms with Crippen LogP contribution in [-0.2, 0) is 20.8 Å². The van der Waals surface area contributed by atoms with Gasteiger partial charge in [0, 0.05) is 0 Å². The fourth-order valence-electron chi connectivity index (χ4n) is 3.91. The lowest BCUT2D eigenvalue weighted by molar-refractivity contribution is -0.199. The summed E-state index contributed by atoms with van der Waals surface area (Å²) in [6.07, 6.45) is -1.72. The van der Waals surface area contributed by atoms with Crippen LogP contribution in [0.5, 0.6) is 5.88 Å². The molecule has 4 atom stereocenters. The minimum atomic E-state index is -0.940. The van der Waals surface area contributed by atoms with Gasteiger partial charge in [-0.15, -0.1) is 0 Å². The van der Waals surface area contributed by atoms with Crippen molar-refractivity contribution in [2.24, 2.45) is 0 Å². The maximum Gasteiger partial charge on any atom is 0.314 e. The van der Waals surface area contributed by atoms with Gasteiger partial charge in [-0.3, -0.25) is 4.57 Å². The van der Waals surface area contributed by atoms with Crippen LogP contribution < -0.4 is 4.74 Å². The highest BCUT2D eigenvalue weighted by Crippen LogP contribution is 2.43. The number of imidazole rings is 1. The van der Waals surface area contributed by atoms with Crippen LogP contribution in [0.1, 0.15) is 25.6 Å². The molecular formula is C20H21FN4O5. The van der Waals surface area contributed by atoms with Crippen LogP contribution in [0.4, 0.5) is 4.39 Å². The predicted octanol–water partition coefficient (Wildman–Crippen LogP) is 1.95. The van der Waals surface area contributed by atoms with Crippen molar-refractivity contribution >= 4 is 11.2 Å². The molecule has 0 bridgehead atoms. The highest BCUT2D eigenvalue weighted by molar-refractivity contribution is 5.76. The van der Waals surface area contributed by atoms with Crippen molar-refractivity contribution < 1.29 is 28.4 Å². The molecule has 0 unspecified atom stereocenters. The van der Waals surface area contributed by atoms with Gasteiger partial charge in [-0.2, -0.15) is 14.4 Å². The number of hydrogen-bond acceptors (Lipinski definition) is 8. The molecule has 3 aromatic rings. The quantitative estimate of drug-likeness (QED) is 0.630. The van der Waals surface area contributed by atoms with Crippen LogP contribution in [-0.4, -0.2) is 55.3 Å². The standard InChI is InChI=1S/C20H21FN4O5/c1-20(2)29-14-12(8-26)28-18(15(14)30-20)25-10-22-13-16(25)23-19(21)24-17(13)27-9-11-6-4-3-5-7-11/h3-7,10,12,14-15,18,26H,8-9H2,1-2H3/t12-,14-,15-,18-/m1/s1. The lowest BCUT2D eigenvalue weighted by Crippen LogP contribution is -2.31. The zero-order valence-corrected chi connectivity index (χ0v) is 16.4. The second-order valence-corrected chi connectivity index (χ2v) is 7.71. The van der Waals surface area contributed by atoms with Gasteiger partial charge in [0.1, 0.15) is 24.9 Å². The third-order valence-electron chi connectivity index (χ3n) is 5.16. The van der Waals surface area contributed by atoms with E-state index in [9.17, 15) is 9.50 Å². The third-order valence-corrected chi connectivity index (χ3v) is 5.16. The fraction of sp³-hybridized carbons (Fsp3) is 0.450. The summed E-state index contributed by atoms with van der Waals surface area (Å²) in [6, 6.07) is 9.47. The van der Waals surface area contributed by atoms with Gasteiger partial charge in [0.15, 0.2) is 23.2 Å². The molecule has 2 fully saturated rings. The predicted molar refractivity (Wildman–Crippen MR) is 101 cm³/mol. The topological polar surface area (TPSA) is 101 Å². The number of nitrogens with zero attached hydrogens (tertiary/aromatic N) is 4. The number of aromatic nitrogens is 4. The Bertz CT molecular complexity index is 1060. The molecule has 0 aliphatic carbocycles. The molecule has 2 saturated heterocycles. The SMILES string of the molecule is CC1(C)O[C@@H]2[C@H](O1)[C@@H](CO)O[C@H]2n1cnc2c(OCc3ccccc3)nc(F)nc21. The first-order valence-corrected chi connectivity index (χ1v) is 9.64. The molecule has 2 aliphatic heterocycles. The van der Waals surface area contributed by atoms with E-state index in [0.717, 1.165) is 5.56 Å². The average Bonchev–Trinajstić information content (AvgIpc) is 3.37. The molecule has 1 N–H and O–H groups in total. The maximum atomic E-state index is 14.2. The van der Waals surface area contributed by atoms with Crippen molar-refractivity contribution in [3.8, 4) is 5.88 Å². The van der Waals surface area contributed by atoms with Crippen molar-refractivity contribution in [3.63, 3.8) is 0 Å². The number of aliphatic hydroxyl groups excluding tert-OH is 1. The molecule has 0 amide bonds. The van der Waals surface area contributed by atoms with Crippen molar-refractivity contribution in [2.45, 2.75) is 50.8 Å². The van der Waals surface area contributed by atoms with Gasteiger partial charge in [-0.1, -0.05) is 30.3 Å². The Morgan fingerprint density at radius 1 is 1.17 bits per heavy atom. The average molecular weight is 416 g/mol. The molecule has 10 heteroatoms. The van der Waals surface area contributed by atoms with E-state index in [1.165, 1.54) is 6.33 Å². The van der Waals surface area contributed by atoms with Gasteiger partial charge in [-0.25, -0.2) is 4.98 Å². The lowest BCUT2D eigenvalue weighted by atomic mass is 10.1. The molecule has 2 aromatic heterocycles. The first kappa shape index (κ1) is 19.3. The summed E-state index contributed by atoms with van der Waals surface area (Å²) < 4.78 is 39.3. The number of benzene rings is 1. The van der Waals surface area contributed by atoms with Crippen molar-refractivity contribution in [1.82, 2.24) is 19.5 Å². The van der Waals surface area contributed by atoms with Crippen LogP contribution in [0.25, 0.3) is 11.2 Å². The van der Waals surface area contributed by atoms with E-state index in [1.54, 1.807) is 18.4 Å². The van der Waals surface area contributed by atoms with Crippen LogP contribution >= 0.6 is 0 Å². The van der Waals surface area contributed by atoms with E-state index in [1.807, 2.05) is 30.3 Å². The second kappa shape index (κ2) is 7.24. The molecule has 158 valence electrons. The first-order valence-electron chi connectivity index (χ1n) is 9.64. The van der Waals surface area contributed by atoms with Crippen molar-refractivity contribution in [1.29, 1.82) is 0 Å². The Morgan fingerprint density at radius 2 is 1.93 bits per heavy atom. The number of rotatable bonds is 5. The lowest BCUT2D eigenvalue weighted by Gasteiger charge is -2.24. The summed E-state index contributed by atoms with van der Waals surface area (Å²) in [5.41, 5.74) is 1.43. The third kappa shape index (κ3) is 3.31. The maximum absolute atomic E-state index is 14.2. The van der Waals surface area contributed by atoms with Gasteiger partial charge in [0.05, 0.1) is 12.9 Å². The van der Waals surface area contributed by atoms with Crippen LogP contribution in [0.2, 0.25) is 0 Å². The van der Waals surface area contributed by atoms with E-state index in [-0.39, 0.29) is 24.7 Å². The Kier molecular flexibility index (Phi) is 4.66. The largest absolute Gasteiger partial charge is 0.471 e. The van der Waals surface area contributed by atoms with Gasteiger partial charge in [0.25, 0.3) is 0 Å². The van der Waals surface area contributed by atoms with Gasteiger partial charge >= 0.3 is 6.08 Å². The molecule has 5 rings (SSSR count). The van der Waals surface area contributed by atoms with Crippen LogP contribution in [0.15, 0.2) is 36.7 Å². The molecule has 30 heavy (non-hydrogen) atoms. The molecule has 2 aliphatic rings. The summed E-state index contributed by atoms with van der Waals surface area (Å²) in [5.74, 6) is -0.789. The fourth-order valence-corrected chi connectivity index (χ4v) is 3.91. The smallest absolute Gasteiger partial charge is 0.314 e. The number of aliphatic hydroxyl groups is 1. The molecular weight excluding hydrogens is 395 g/mol.